The normalized spacial score (nSPS) is 21.6. The van der Waals surface area contributed by atoms with E-state index in [0.717, 1.165) is 16.6 Å². The topological polar surface area (TPSA) is 134 Å². The summed E-state index contributed by atoms with van der Waals surface area (Å²) in [7, 11) is 0. The van der Waals surface area contributed by atoms with Crippen molar-refractivity contribution in [1.82, 2.24) is 14.5 Å². The Labute approximate surface area is 261 Å². The molecule has 12 nitrogen and oxygen atoms in total. The van der Waals surface area contributed by atoms with Crippen molar-refractivity contribution in [1.29, 1.82) is 0 Å². The van der Waals surface area contributed by atoms with Crippen molar-refractivity contribution < 1.29 is 38.3 Å². The van der Waals surface area contributed by atoms with Crippen LogP contribution in [0.2, 0.25) is 0 Å². The molecule has 3 aliphatic rings. The number of aliphatic hydroxyl groups is 1. The van der Waals surface area contributed by atoms with Gasteiger partial charge in [0.2, 0.25) is 13.1 Å². The third-order valence-corrected chi connectivity index (χ3v) is 8.65. The molecule has 0 bridgehead atoms. The van der Waals surface area contributed by atoms with Crippen LogP contribution in [0, 0.1) is 5.92 Å². The van der Waals surface area contributed by atoms with Gasteiger partial charge in [-0.3, -0.25) is 9.36 Å². The number of imidazole rings is 1. The number of likely N-dealkylation sites (tertiary alicyclic amines) is 1. The fraction of sp³-hybridized carbons (Fsp3) is 0.515. The highest BCUT2D eigenvalue weighted by atomic mass is 16.7. The van der Waals surface area contributed by atoms with Crippen LogP contribution in [0.25, 0.3) is 11.0 Å². The number of H-pyrrole nitrogens is 1. The number of fused-ring (bicyclic) bond motifs is 2. The number of nitrogens with one attached hydrogen (secondary N) is 1. The molecule has 0 saturated carbocycles. The van der Waals surface area contributed by atoms with E-state index in [-0.39, 0.29) is 55.2 Å². The van der Waals surface area contributed by atoms with Gasteiger partial charge in [-0.2, -0.15) is 0 Å². The Morgan fingerprint density at radius 1 is 1.02 bits per heavy atom. The van der Waals surface area contributed by atoms with Crippen LogP contribution >= 0.6 is 0 Å². The predicted octanol–water partition coefficient (Wildman–Crippen LogP) is 3.31. The van der Waals surface area contributed by atoms with Crippen molar-refractivity contribution in [3.8, 4) is 11.5 Å². The highest BCUT2D eigenvalue weighted by Gasteiger charge is 2.40. The molecule has 12 heteroatoms. The quantitative estimate of drug-likeness (QED) is 0.275. The Morgan fingerprint density at radius 3 is 2.60 bits per heavy atom. The van der Waals surface area contributed by atoms with Gasteiger partial charge in [0.1, 0.15) is 0 Å². The van der Waals surface area contributed by atoms with Gasteiger partial charge in [0, 0.05) is 44.2 Å². The number of para-hydroxylation sites is 2. The van der Waals surface area contributed by atoms with E-state index in [2.05, 4.69) is 4.98 Å². The number of aromatic nitrogens is 2. The second kappa shape index (κ2) is 14.5. The smallest absolute Gasteiger partial charge is 0.326 e. The second-order valence-corrected chi connectivity index (χ2v) is 11.4. The van der Waals surface area contributed by atoms with Crippen LogP contribution in [0.15, 0.2) is 59.1 Å². The molecule has 4 heterocycles. The lowest BCUT2D eigenvalue weighted by Gasteiger charge is -2.39. The van der Waals surface area contributed by atoms with Crippen LogP contribution < -0.4 is 15.2 Å². The Morgan fingerprint density at radius 2 is 1.80 bits per heavy atom. The molecule has 3 aliphatic heterocycles. The first-order valence-corrected chi connectivity index (χ1v) is 15.7. The van der Waals surface area contributed by atoms with E-state index in [1.165, 1.54) is 0 Å². The van der Waals surface area contributed by atoms with Gasteiger partial charge in [-0.05, 0) is 62.1 Å². The van der Waals surface area contributed by atoms with E-state index in [1.807, 2.05) is 60.0 Å². The van der Waals surface area contributed by atoms with Crippen molar-refractivity contribution in [2.45, 2.75) is 44.4 Å². The maximum absolute atomic E-state index is 13.9. The molecule has 1 aromatic heterocycles. The summed E-state index contributed by atoms with van der Waals surface area (Å²) in [5, 5.41) is 8.90. The summed E-state index contributed by atoms with van der Waals surface area (Å²) in [6.45, 7) is 4.98. The van der Waals surface area contributed by atoms with E-state index in [4.69, 9.17) is 33.5 Å². The number of rotatable bonds is 13. The number of carbonyl (C=O) groups excluding carboxylic acids is 1. The lowest BCUT2D eigenvalue weighted by Crippen LogP contribution is -2.44. The predicted molar refractivity (Wildman–Crippen MR) is 164 cm³/mol. The molecular formula is C33H41N3O9. The third-order valence-electron chi connectivity index (χ3n) is 8.65. The summed E-state index contributed by atoms with van der Waals surface area (Å²) in [6, 6.07) is 13.5. The van der Waals surface area contributed by atoms with E-state index in [1.54, 1.807) is 4.90 Å². The number of hydrogen-bond acceptors (Lipinski definition) is 9. The summed E-state index contributed by atoms with van der Waals surface area (Å²) < 4.78 is 36.6. The van der Waals surface area contributed by atoms with Crippen LogP contribution in [0.4, 0.5) is 0 Å². The first-order valence-electron chi connectivity index (χ1n) is 15.7. The number of benzene rings is 2. The Balaban J connectivity index is 1.19. The van der Waals surface area contributed by atoms with Crippen molar-refractivity contribution in [2.24, 2.45) is 5.92 Å². The highest BCUT2D eigenvalue weighted by Crippen LogP contribution is 2.43. The summed E-state index contributed by atoms with van der Waals surface area (Å²) in [4.78, 5) is 31.4. The SMILES string of the molecule is CCOC1OC(C(=O)N2CCC(n3c(=O)[nH]c4ccccc43)CC2)=CC(c2ccc3c(c2)OCO3)C1CCOCCOCCO. The standard InChI is InChI=1S/C33H41N3O9/c1-2-42-32-24(11-15-40-17-18-41-16-14-37)25(22-7-8-28-29(19-22)44-21-43-28)20-30(45-32)31(38)35-12-9-23(10-13-35)36-27-6-4-3-5-26(27)34-33(36)39/h3-8,19-20,23-25,32,37H,2,9-18,21H2,1H3,(H,34,39). The molecule has 0 spiro atoms. The lowest BCUT2D eigenvalue weighted by atomic mass is 9.81. The van der Waals surface area contributed by atoms with Gasteiger partial charge in [-0.15, -0.1) is 0 Å². The largest absolute Gasteiger partial charge is 0.459 e. The minimum atomic E-state index is -0.661. The molecule has 0 aliphatic carbocycles. The molecular weight excluding hydrogens is 582 g/mol. The van der Waals surface area contributed by atoms with E-state index >= 15 is 0 Å². The van der Waals surface area contributed by atoms with E-state index < -0.39 is 6.29 Å². The monoisotopic (exact) mass is 623 g/mol. The summed E-state index contributed by atoms with van der Waals surface area (Å²) in [5.41, 5.74) is 2.53. The van der Waals surface area contributed by atoms with E-state index in [0.29, 0.717) is 70.3 Å². The molecule has 3 unspecified atom stereocenters. The number of aromatic amines is 1. The number of aliphatic hydroxyl groups excluding tert-OH is 1. The Hall–Kier alpha value is -3.84. The maximum Gasteiger partial charge on any atom is 0.326 e. The molecule has 1 fully saturated rings. The molecule has 0 radical (unpaired) electrons. The number of hydrogen-bond donors (Lipinski definition) is 2. The maximum atomic E-state index is 13.9. The van der Waals surface area contributed by atoms with Crippen LogP contribution in [0.1, 0.15) is 43.7 Å². The molecule has 2 aromatic carbocycles. The molecule has 2 N–H and O–H groups in total. The Kier molecular flexibility index (Phi) is 10.0. The average Bonchev–Trinajstić information content (AvgIpc) is 3.67. The fourth-order valence-electron chi connectivity index (χ4n) is 6.46. The molecule has 1 amide bonds. The molecule has 1 saturated heterocycles. The zero-order chi connectivity index (χ0) is 31.2. The number of carbonyl (C=O) groups is 1. The first kappa shape index (κ1) is 31.2. The van der Waals surface area contributed by atoms with Crippen LogP contribution in [-0.2, 0) is 23.7 Å². The first-order chi connectivity index (χ1) is 22.1. The van der Waals surface area contributed by atoms with Crippen molar-refractivity contribution in [3.05, 3.63) is 70.3 Å². The van der Waals surface area contributed by atoms with Gasteiger partial charge >= 0.3 is 5.69 Å². The summed E-state index contributed by atoms with van der Waals surface area (Å²) in [6.07, 6.45) is 3.17. The van der Waals surface area contributed by atoms with Gasteiger partial charge in [0.05, 0.1) is 37.5 Å². The van der Waals surface area contributed by atoms with Gasteiger partial charge in [-0.1, -0.05) is 18.2 Å². The molecule has 242 valence electrons. The highest BCUT2D eigenvalue weighted by molar-refractivity contribution is 5.92. The summed E-state index contributed by atoms with van der Waals surface area (Å²) >= 11 is 0. The van der Waals surface area contributed by atoms with Gasteiger partial charge in [0.15, 0.2) is 17.3 Å². The number of amides is 1. The minimum absolute atomic E-state index is 0.00470. The Bertz CT molecular complexity index is 1540. The summed E-state index contributed by atoms with van der Waals surface area (Å²) in [5.74, 6) is 1.07. The zero-order valence-electron chi connectivity index (χ0n) is 25.5. The van der Waals surface area contributed by atoms with Gasteiger partial charge < -0.3 is 43.4 Å². The second-order valence-electron chi connectivity index (χ2n) is 11.4. The number of ether oxygens (including phenoxy) is 6. The van der Waals surface area contributed by atoms with Crippen LogP contribution in [-0.4, -0.2) is 91.3 Å². The number of allylic oxidation sites excluding steroid dienone is 1. The van der Waals surface area contributed by atoms with Gasteiger partial charge in [-0.25, -0.2) is 4.79 Å². The fourth-order valence-corrected chi connectivity index (χ4v) is 6.46. The molecule has 45 heavy (non-hydrogen) atoms. The van der Waals surface area contributed by atoms with Crippen LogP contribution in [0.5, 0.6) is 11.5 Å². The van der Waals surface area contributed by atoms with Crippen LogP contribution in [0.3, 0.4) is 0 Å². The zero-order valence-corrected chi connectivity index (χ0v) is 25.5. The van der Waals surface area contributed by atoms with Crippen molar-refractivity contribution >= 4 is 16.9 Å². The number of nitrogens with zero attached hydrogens (tertiary/aromatic N) is 2. The molecule has 6 rings (SSSR count). The minimum Gasteiger partial charge on any atom is -0.459 e. The third kappa shape index (κ3) is 6.89. The molecule has 3 aromatic rings. The lowest BCUT2D eigenvalue weighted by molar-refractivity contribution is -0.172. The number of piperidine rings is 1. The van der Waals surface area contributed by atoms with Crippen molar-refractivity contribution in [2.75, 3.05) is 59.5 Å². The molecule has 3 atom stereocenters. The van der Waals surface area contributed by atoms with E-state index in [9.17, 15) is 9.59 Å². The van der Waals surface area contributed by atoms with Gasteiger partial charge in [0.25, 0.3) is 5.91 Å². The van der Waals surface area contributed by atoms with Crippen molar-refractivity contribution in [3.63, 3.8) is 0 Å². The average molecular weight is 624 g/mol.